The molecule has 0 aliphatic heterocycles. The predicted molar refractivity (Wildman–Crippen MR) is 63.6 cm³/mol. The molecule has 1 aromatic carbocycles. The van der Waals surface area contributed by atoms with E-state index in [0.29, 0.717) is 6.54 Å². The van der Waals surface area contributed by atoms with Crippen molar-refractivity contribution >= 4 is 18.5 Å². The summed E-state index contributed by atoms with van der Waals surface area (Å²) >= 11 is 3.87. The Morgan fingerprint density at radius 1 is 1.40 bits per heavy atom. The average Bonchev–Trinajstić information content (AvgIpc) is 2.29. The number of thiol groups is 1. The van der Waals surface area contributed by atoms with Crippen LogP contribution in [0.3, 0.4) is 0 Å². The summed E-state index contributed by atoms with van der Waals surface area (Å²) < 4.78 is 5.05. The molecule has 15 heavy (non-hydrogen) atoms. The van der Waals surface area contributed by atoms with Crippen LogP contribution in [0.25, 0.3) is 0 Å². The first-order valence-electron chi connectivity index (χ1n) is 4.76. The number of amides is 1. The zero-order valence-corrected chi connectivity index (χ0v) is 9.59. The summed E-state index contributed by atoms with van der Waals surface area (Å²) in [6.45, 7) is 0.645. The third-order valence-electron chi connectivity index (χ3n) is 2.04. The van der Waals surface area contributed by atoms with Gasteiger partial charge in [0, 0.05) is 6.54 Å². The SMILES string of the molecule is COc1ccc(CCNC(=O)CS)cc1. The third kappa shape index (κ3) is 4.25. The van der Waals surface area contributed by atoms with Gasteiger partial charge < -0.3 is 10.1 Å². The molecule has 0 unspecified atom stereocenters. The molecule has 0 saturated heterocycles. The van der Waals surface area contributed by atoms with E-state index < -0.39 is 0 Å². The molecule has 1 N–H and O–H groups in total. The van der Waals surface area contributed by atoms with Crippen molar-refractivity contribution in [2.45, 2.75) is 6.42 Å². The van der Waals surface area contributed by atoms with Crippen LogP contribution in [-0.2, 0) is 11.2 Å². The molecule has 0 aliphatic rings. The lowest BCUT2D eigenvalue weighted by Crippen LogP contribution is -2.26. The maximum Gasteiger partial charge on any atom is 0.229 e. The minimum atomic E-state index is -0.0353. The van der Waals surface area contributed by atoms with Gasteiger partial charge in [0.05, 0.1) is 12.9 Å². The molecule has 82 valence electrons. The Bertz CT molecular complexity index is 311. The van der Waals surface area contributed by atoms with Crippen LogP contribution >= 0.6 is 12.6 Å². The fraction of sp³-hybridized carbons (Fsp3) is 0.364. The maximum atomic E-state index is 10.9. The summed E-state index contributed by atoms with van der Waals surface area (Å²) in [6, 6.07) is 7.81. The molecule has 0 heterocycles. The molecule has 0 aromatic heterocycles. The van der Waals surface area contributed by atoms with Crippen LogP contribution in [-0.4, -0.2) is 25.3 Å². The number of ether oxygens (including phenoxy) is 1. The fourth-order valence-corrected chi connectivity index (χ4v) is 1.31. The summed E-state index contributed by atoms with van der Waals surface area (Å²) in [5.41, 5.74) is 1.18. The Morgan fingerprint density at radius 2 is 2.07 bits per heavy atom. The Labute approximate surface area is 95.2 Å². The van der Waals surface area contributed by atoms with E-state index in [1.165, 1.54) is 5.56 Å². The van der Waals surface area contributed by atoms with Crippen molar-refractivity contribution in [2.24, 2.45) is 0 Å². The highest BCUT2D eigenvalue weighted by Gasteiger charge is 1.97. The normalized spacial score (nSPS) is 9.73. The van der Waals surface area contributed by atoms with Gasteiger partial charge in [-0.1, -0.05) is 12.1 Å². The van der Waals surface area contributed by atoms with Gasteiger partial charge in [0.25, 0.3) is 0 Å². The van der Waals surface area contributed by atoms with E-state index in [2.05, 4.69) is 17.9 Å². The molecular formula is C11H15NO2S. The van der Waals surface area contributed by atoms with E-state index in [4.69, 9.17) is 4.74 Å². The topological polar surface area (TPSA) is 38.3 Å². The zero-order chi connectivity index (χ0) is 11.1. The van der Waals surface area contributed by atoms with Gasteiger partial charge in [-0.05, 0) is 24.1 Å². The second-order valence-corrected chi connectivity index (χ2v) is 3.42. The zero-order valence-electron chi connectivity index (χ0n) is 8.69. The van der Waals surface area contributed by atoms with Gasteiger partial charge in [0.15, 0.2) is 0 Å². The number of rotatable bonds is 5. The Kier molecular flexibility index (Phi) is 5.04. The average molecular weight is 225 g/mol. The molecule has 0 fully saturated rings. The number of hydrogen-bond donors (Lipinski definition) is 2. The highest BCUT2D eigenvalue weighted by atomic mass is 32.1. The largest absolute Gasteiger partial charge is 0.497 e. The number of nitrogens with one attached hydrogen (secondary N) is 1. The first-order chi connectivity index (χ1) is 7.26. The second-order valence-electron chi connectivity index (χ2n) is 3.11. The monoisotopic (exact) mass is 225 g/mol. The quantitative estimate of drug-likeness (QED) is 0.741. The van der Waals surface area contributed by atoms with Crippen molar-refractivity contribution in [3.63, 3.8) is 0 Å². The Morgan fingerprint density at radius 3 is 2.60 bits per heavy atom. The van der Waals surface area contributed by atoms with Crippen LogP contribution in [0.4, 0.5) is 0 Å². The minimum Gasteiger partial charge on any atom is -0.497 e. The summed E-state index contributed by atoms with van der Waals surface area (Å²) in [5, 5.41) is 2.76. The summed E-state index contributed by atoms with van der Waals surface area (Å²) in [7, 11) is 1.64. The van der Waals surface area contributed by atoms with Crippen molar-refractivity contribution in [2.75, 3.05) is 19.4 Å². The first kappa shape index (κ1) is 11.9. The smallest absolute Gasteiger partial charge is 0.229 e. The van der Waals surface area contributed by atoms with Crippen molar-refractivity contribution in [3.8, 4) is 5.75 Å². The molecule has 1 aromatic rings. The molecule has 0 aliphatic carbocycles. The standard InChI is InChI=1S/C11H15NO2S/c1-14-10-4-2-9(3-5-10)6-7-12-11(13)8-15/h2-5,15H,6-8H2,1H3,(H,12,13). The lowest BCUT2D eigenvalue weighted by atomic mass is 10.1. The number of methoxy groups -OCH3 is 1. The van der Waals surface area contributed by atoms with Crippen LogP contribution in [0.1, 0.15) is 5.56 Å². The lowest BCUT2D eigenvalue weighted by molar-refractivity contribution is -0.118. The molecule has 1 rings (SSSR count). The van der Waals surface area contributed by atoms with Crippen molar-refractivity contribution in [1.29, 1.82) is 0 Å². The van der Waals surface area contributed by atoms with Crippen LogP contribution in [0, 0.1) is 0 Å². The molecule has 3 nitrogen and oxygen atoms in total. The first-order valence-corrected chi connectivity index (χ1v) is 5.40. The fourth-order valence-electron chi connectivity index (χ4n) is 1.19. The van der Waals surface area contributed by atoms with Gasteiger partial charge in [0.1, 0.15) is 5.75 Å². The Balaban J connectivity index is 2.34. The molecule has 0 spiro atoms. The van der Waals surface area contributed by atoms with Gasteiger partial charge in [-0.15, -0.1) is 0 Å². The summed E-state index contributed by atoms with van der Waals surface area (Å²) in [4.78, 5) is 10.9. The number of hydrogen-bond acceptors (Lipinski definition) is 3. The van der Waals surface area contributed by atoms with E-state index in [0.717, 1.165) is 12.2 Å². The molecule has 4 heteroatoms. The summed E-state index contributed by atoms with van der Waals surface area (Å²) in [6.07, 6.45) is 0.823. The van der Waals surface area contributed by atoms with Gasteiger partial charge in [-0.2, -0.15) is 12.6 Å². The van der Waals surface area contributed by atoms with Gasteiger partial charge in [-0.25, -0.2) is 0 Å². The van der Waals surface area contributed by atoms with E-state index in [9.17, 15) is 4.79 Å². The number of benzene rings is 1. The van der Waals surface area contributed by atoms with Crippen LogP contribution in [0.15, 0.2) is 24.3 Å². The second kappa shape index (κ2) is 6.35. The van der Waals surface area contributed by atoms with Crippen LogP contribution in [0.5, 0.6) is 5.75 Å². The maximum absolute atomic E-state index is 10.9. The van der Waals surface area contributed by atoms with E-state index in [-0.39, 0.29) is 11.7 Å². The van der Waals surface area contributed by atoms with E-state index >= 15 is 0 Å². The molecule has 1 amide bonds. The number of carbonyl (C=O) groups is 1. The molecule has 0 bridgehead atoms. The molecule has 0 atom stereocenters. The van der Waals surface area contributed by atoms with Crippen molar-refractivity contribution < 1.29 is 9.53 Å². The third-order valence-corrected chi connectivity index (χ3v) is 2.33. The van der Waals surface area contributed by atoms with Crippen molar-refractivity contribution in [1.82, 2.24) is 5.32 Å². The van der Waals surface area contributed by atoms with Crippen LogP contribution in [0.2, 0.25) is 0 Å². The molecule has 0 radical (unpaired) electrons. The predicted octanol–water partition coefficient (Wildman–Crippen LogP) is 1.28. The van der Waals surface area contributed by atoms with E-state index in [1.54, 1.807) is 7.11 Å². The molecule has 0 saturated carbocycles. The van der Waals surface area contributed by atoms with Gasteiger partial charge in [0.2, 0.25) is 5.91 Å². The Hall–Kier alpha value is -1.16. The lowest BCUT2D eigenvalue weighted by Gasteiger charge is -2.04. The highest BCUT2D eigenvalue weighted by molar-refractivity contribution is 7.81. The number of carbonyl (C=O) groups excluding carboxylic acids is 1. The van der Waals surface area contributed by atoms with E-state index in [1.807, 2.05) is 24.3 Å². The van der Waals surface area contributed by atoms with Gasteiger partial charge >= 0.3 is 0 Å². The van der Waals surface area contributed by atoms with Gasteiger partial charge in [-0.3, -0.25) is 4.79 Å². The minimum absolute atomic E-state index is 0.0353. The molecular weight excluding hydrogens is 210 g/mol. The summed E-state index contributed by atoms with van der Waals surface area (Å²) in [5.74, 6) is 1.05. The van der Waals surface area contributed by atoms with Crippen LogP contribution < -0.4 is 10.1 Å². The highest BCUT2D eigenvalue weighted by Crippen LogP contribution is 2.11. The van der Waals surface area contributed by atoms with Crippen molar-refractivity contribution in [3.05, 3.63) is 29.8 Å².